The van der Waals surface area contributed by atoms with E-state index in [1.54, 1.807) is 11.3 Å². The number of hydrogen-bond donors (Lipinski definition) is 2. The van der Waals surface area contributed by atoms with E-state index in [2.05, 4.69) is 22.2 Å². The molecule has 0 aliphatic carbocycles. The van der Waals surface area contributed by atoms with Gasteiger partial charge in [0.1, 0.15) is 22.5 Å². The van der Waals surface area contributed by atoms with Crippen LogP contribution in [0.25, 0.3) is 10.2 Å². The number of nitrogens with zero attached hydrogens (tertiary/aromatic N) is 2. The summed E-state index contributed by atoms with van der Waals surface area (Å²) in [6.07, 6.45) is 1.32. The lowest BCUT2D eigenvalue weighted by atomic mass is 10.1. The highest BCUT2D eigenvalue weighted by Gasteiger charge is 2.20. The minimum Gasteiger partial charge on any atom is -0.480 e. The fourth-order valence-corrected chi connectivity index (χ4v) is 3.59. The molecule has 1 aromatic carbocycles. The van der Waals surface area contributed by atoms with Gasteiger partial charge in [0.2, 0.25) is 0 Å². The number of benzene rings is 1. The normalized spacial score (nSPS) is 12.2. The number of carboxylic acid groups (broad SMARTS) is 1. The number of aryl methyl sites for hydroxylation is 2. The molecular weight excluding hydrogens is 322 g/mol. The molecule has 5 nitrogen and oxygen atoms in total. The van der Waals surface area contributed by atoms with E-state index >= 15 is 0 Å². The average molecular weight is 341 g/mol. The molecule has 6 heteroatoms. The Hall–Kier alpha value is -2.47. The van der Waals surface area contributed by atoms with Gasteiger partial charge in [-0.25, -0.2) is 14.8 Å². The molecule has 2 heterocycles. The van der Waals surface area contributed by atoms with Crippen LogP contribution in [0.15, 0.2) is 36.4 Å². The summed E-state index contributed by atoms with van der Waals surface area (Å²) < 4.78 is 0. The molecule has 0 bridgehead atoms. The van der Waals surface area contributed by atoms with E-state index in [4.69, 9.17) is 0 Å². The molecule has 124 valence electrons. The SMILES string of the molecule is CCc1cc2c(N[C@H](Cc3ccccc3)C(=O)O)nc(C)nc2s1. The molecule has 0 aliphatic rings. The average Bonchev–Trinajstić information content (AvgIpc) is 2.98. The molecule has 2 N–H and O–H groups in total. The van der Waals surface area contributed by atoms with Crippen LogP contribution in [-0.4, -0.2) is 27.1 Å². The number of carbonyl (C=O) groups is 1. The summed E-state index contributed by atoms with van der Waals surface area (Å²) in [6.45, 7) is 3.91. The van der Waals surface area contributed by atoms with Crippen LogP contribution in [0.5, 0.6) is 0 Å². The minimum atomic E-state index is -0.894. The second kappa shape index (κ2) is 6.97. The van der Waals surface area contributed by atoms with Gasteiger partial charge in [0.05, 0.1) is 5.39 Å². The summed E-state index contributed by atoms with van der Waals surface area (Å²) in [7, 11) is 0. The third kappa shape index (κ3) is 3.54. The van der Waals surface area contributed by atoms with Gasteiger partial charge in [-0.05, 0) is 25.0 Å². The number of thiophene rings is 1. The van der Waals surface area contributed by atoms with Gasteiger partial charge in [0.25, 0.3) is 0 Å². The Morgan fingerprint density at radius 1 is 1.29 bits per heavy atom. The van der Waals surface area contributed by atoms with Crippen molar-refractivity contribution in [1.29, 1.82) is 0 Å². The summed E-state index contributed by atoms with van der Waals surface area (Å²) in [5, 5.41) is 13.6. The van der Waals surface area contributed by atoms with Gasteiger partial charge in [-0.1, -0.05) is 37.3 Å². The van der Waals surface area contributed by atoms with Crippen molar-refractivity contribution >= 4 is 33.3 Å². The van der Waals surface area contributed by atoms with Gasteiger partial charge >= 0.3 is 5.97 Å². The van der Waals surface area contributed by atoms with Crippen LogP contribution in [0.4, 0.5) is 5.82 Å². The van der Waals surface area contributed by atoms with E-state index in [0.717, 1.165) is 22.2 Å². The molecular formula is C18H19N3O2S. The lowest BCUT2D eigenvalue weighted by molar-refractivity contribution is -0.137. The number of fused-ring (bicyclic) bond motifs is 1. The number of aromatic nitrogens is 2. The van der Waals surface area contributed by atoms with Crippen molar-refractivity contribution in [2.75, 3.05) is 5.32 Å². The van der Waals surface area contributed by atoms with Crippen molar-refractivity contribution in [3.05, 3.63) is 52.7 Å². The van der Waals surface area contributed by atoms with E-state index in [1.165, 1.54) is 4.88 Å². The quantitative estimate of drug-likeness (QED) is 0.715. The van der Waals surface area contributed by atoms with E-state index in [0.29, 0.717) is 18.1 Å². The Labute approximate surface area is 144 Å². The van der Waals surface area contributed by atoms with Crippen LogP contribution >= 0.6 is 11.3 Å². The highest BCUT2D eigenvalue weighted by molar-refractivity contribution is 7.18. The van der Waals surface area contributed by atoms with Gasteiger partial charge in [-0.15, -0.1) is 11.3 Å². The Bertz CT molecular complexity index is 861. The first-order chi connectivity index (χ1) is 11.6. The number of aliphatic carboxylic acids is 1. The lowest BCUT2D eigenvalue weighted by Crippen LogP contribution is -2.32. The predicted molar refractivity (Wildman–Crippen MR) is 96.7 cm³/mol. The zero-order valence-electron chi connectivity index (χ0n) is 13.6. The minimum absolute atomic E-state index is 0.394. The van der Waals surface area contributed by atoms with E-state index in [1.807, 2.05) is 43.3 Å². The smallest absolute Gasteiger partial charge is 0.326 e. The molecule has 0 radical (unpaired) electrons. The topological polar surface area (TPSA) is 75.1 Å². The zero-order valence-corrected chi connectivity index (χ0v) is 14.4. The second-order valence-electron chi connectivity index (χ2n) is 5.63. The largest absolute Gasteiger partial charge is 0.480 e. The third-order valence-corrected chi connectivity index (χ3v) is 4.97. The van der Waals surface area contributed by atoms with E-state index in [-0.39, 0.29) is 0 Å². The number of anilines is 1. The van der Waals surface area contributed by atoms with Gasteiger partial charge in [0, 0.05) is 11.3 Å². The molecule has 2 aromatic heterocycles. The molecule has 0 aliphatic heterocycles. The second-order valence-corrected chi connectivity index (χ2v) is 6.74. The maximum Gasteiger partial charge on any atom is 0.326 e. The first-order valence-electron chi connectivity index (χ1n) is 7.87. The molecule has 3 rings (SSSR count). The highest BCUT2D eigenvalue weighted by Crippen LogP contribution is 2.29. The summed E-state index contributed by atoms with van der Waals surface area (Å²) in [4.78, 5) is 22.7. The van der Waals surface area contributed by atoms with Crippen LogP contribution in [0.3, 0.4) is 0 Å². The van der Waals surface area contributed by atoms with Crippen LogP contribution in [-0.2, 0) is 17.6 Å². The third-order valence-electron chi connectivity index (χ3n) is 3.80. The van der Waals surface area contributed by atoms with Gasteiger partial charge in [0.15, 0.2) is 0 Å². The number of hydrogen-bond acceptors (Lipinski definition) is 5. The molecule has 0 fully saturated rings. The molecule has 0 spiro atoms. The molecule has 1 atom stereocenters. The van der Waals surface area contributed by atoms with Crippen LogP contribution in [0.1, 0.15) is 23.2 Å². The first-order valence-corrected chi connectivity index (χ1v) is 8.68. The van der Waals surface area contributed by atoms with Gasteiger partial charge in [-0.3, -0.25) is 0 Å². The van der Waals surface area contributed by atoms with E-state index in [9.17, 15) is 9.90 Å². The fourth-order valence-electron chi connectivity index (χ4n) is 2.58. The Balaban J connectivity index is 1.93. The van der Waals surface area contributed by atoms with Crippen LogP contribution in [0, 0.1) is 6.92 Å². The maximum absolute atomic E-state index is 11.7. The van der Waals surface area contributed by atoms with Crippen LogP contribution in [0.2, 0.25) is 0 Å². The van der Waals surface area contributed by atoms with Crippen LogP contribution < -0.4 is 5.32 Å². The highest BCUT2D eigenvalue weighted by atomic mass is 32.1. The van der Waals surface area contributed by atoms with Crippen molar-refractivity contribution in [3.63, 3.8) is 0 Å². The zero-order chi connectivity index (χ0) is 17.1. The Kier molecular flexibility index (Phi) is 4.76. The fraction of sp³-hybridized carbons (Fsp3) is 0.278. The first kappa shape index (κ1) is 16.4. The number of carboxylic acids is 1. The summed E-state index contributed by atoms with van der Waals surface area (Å²) in [5.41, 5.74) is 0.971. The molecule has 0 saturated carbocycles. The van der Waals surface area contributed by atoms with Crippen molar-refractivity contribution in [2.45, 2.75) is 32.7 Å². The molecule has 0 amide bonds. The van der Waals surface area contributed by atoms with E-state index < -0.39 is 12.0 Å². The molecule has 0 unspecified atom stereocenters. The summed E-state index contributed by atoms with van der Waals surface area (Å²) in [5.74, 6) is 0.337. The predicted octanol–water partition coefficient (Wildman–Crippen LogP) is 3.67. The number of nitrogens with one attached hydrogen (secondary N) is 1. The Morgan fingerprint density at radius 3 is 2.71 bits per heavy atom. The van der Waals surface area contributed by atoms with Crippen molar-refractivity contribution in [1.82, 2.24) is 9.97 Å². The van der Waals surface area contributed by atoms with Crippen molar-refractivity contribution in [2.24, 2.45) is 0 Å². The summed E-state index contributed by atoms with van der Waals surface area (Å²) >= 11 is 1.63. The lowest BCUT2D eigenvalue weighted by Gasteiger charge is -2.16. The monoisotopic (exact) mass is 341 g/mol. The molecule has 24 heavy (non-hydrogen) atoms. The summed E-state index contributed by atoms with van der Waals surface area (Å²) in [6, 6.07) is 10.9. The van der Waals surface area contributed by atoms with Crippen molar-refractivity contribution < 1.29 is 9.90 Å². The molecule has 0 saturated heterocycles. The van der Waals surface area contributed by atoms with Gasteiger partial charge in [-0.2, -0.15) is 0 Å². The molecule has 3 aromatic rings. The van der Waals surface area contributed by atoms with Gasteiger partial charge < -0.3 is 10.4 Å². The standard InChI is InChI=1S/C18H19N3O2S/c1-3-13-10-14-16(19-11(2)20-17(14)24-13)21-15(18(22)23)9-12-7-5-4-6-8-12/h4-8,10,15H,3,9H2,1-2H3,(H,22,23)(H,19,20,21)/t15-/m1/s1. The maximum atomic E-state index is 11.7. The Morgan fingerprint density at radius 2 is 2.04 bits per heavy atom. The van der Waals surface area contributed by atoms with Crippen molar-refractivity contribution in [3.8, 4) is 0 Å². The number of rotatable bonds is 6.